The number of nitrogens with zero attached hydrogens (tertiary/aromatic N) is 1. The highest BCUT2D eigenvalue weighted by atomic mass is 19.4. The third kappa shape index (κ3) is 6.03. The van der Waals surface area contributed by atoms with Crippen molar-refractivity contribution in [2.24, 2.45) is 11.8 Å². The molecule has 0 radical (unpaired) electrons. The highest BCUT2D eigenvalue weighted by molar-refractivity contribution is 5.24. The Morgan fingerprint density at radius 1 is 1.04 bits per heavy atom. The molecule has 1 aliphatic rings. The van der Waals surface area contributed by atoms with Gasteiger partial charge in [-0.1, -0.05) is 31.1 Å². The molecule has 1 fully saturated rings. The van der Waals surface area contributed by atoms with Crippen molar-refractivity contribution in [1.29, 1.82) is 5.26 Å². The van der Waals surface area contributed by atoms with Crippen molar-refractivity contribution in [1.82, 2.24) is 0 Å². The van der Waals surface area contributed by atoms with Crippen LogP contribution in [-0.4, -0.2) is 0 Å². The second-order valence-electron chi connectivity index (χ2n) is 6.71. The predicted molar refractivity (Wildman–Crippen MR) is 89.2 cm³/mol. The Kier molecular flexibility index (Phi) is 6.90. The Balaban J connectivity index is 1.64. The molecule has 1 aromatic rings. The molecule has 1 aliphatic carbocycles. The van der Waals surface area contributed by atoms with Crippen LogP contribution in [0, 0.1) is 23.2 Å². The minimum absolute atomic E-state index is 0.563. The van der Waals surface area contributed by atoms with Gasteiger partial charge in [-0.3, -0.25) is 0 Å². The lowest BCUT2D eigenvalue weighted by Crippen LogP contribution is -2.13. The number of unbranched alkanes of at least 4 members (excludes halogenated alkanes) is 1. The van der Waals surface area contributed by atoms with E-state index in [1.807, 2.05) is 6.08 Å². The highest BCUT2D eigenvalue weighted by Gasteiger charge is 2.29. The molecule has 0 heterocycles. The van der Waals surface area contributed by atoms with Gasteiger partial charge in [0, 0.05) is 6.08 Å². The molecule has 1 nitrogen and oxygen atoms in total. The summed E-state index contributed by atoms with van der Waals surface area (Å²) in [5, 5.41) is 8.55. The molecule has 0 aliphatic heterocycles. The fraction of sp³-hybridized carbons (Fsp3) is 0.550. The van der Waals surface area contributed by atoms with Gasteiger partial charge in [0.05, 0.1) is 11.6 Å². The van der Waals surface area contributed by atoms with E-state index in [-0.39, 0.29) is 0 Å². The molecule has 0 spiro atoms. The minimum atomic E-state index is -4.25. The lowest BCUT2D eigenvalue weighted by Gasteiger charge is -2.26. The van der Waals surface area contributed by atoms with Crippen LogP contribution in [-0.2, 0) is 12.6 Å². The standard InChI is InChI=1S/C20H24F3N/c21-20(22,23)19-13-11-17(12-14-19)5-2-1-4-16-7-9-18(10-8-16)6-3-15-24/h3,6,11-14,16,18H,1-2,4-5,7-10H2/b6-3+. The quantitative estimate of drug-likeness (QED) is 0.442. The summed E-state index contributed by atoms with van der Waals surface area (Å²) >= 11 is 0. The molecule has 0 bridgehead atoms. The first-order chi connectivity index (χ1) is 11.5. The van der Waals surface area contributed by atoms with Gasteiger partial charge in [-0.2, -0.15) is 18.4 Å². The van der Waals surface area contributed by atoms with Crippen LogP contribution in [0.3, 0.4) is 0 Å². The van der Waals surface area contributed by atoms with E-state index in [4.69, 9.17) is 5.26 Å². The van der Waals surface area contributed by atoms with E-state index in [1.165, 1.54) is 44.2 Å². The summed E-state index contributed by atoms with van der Waals surface area (Å²) in [5.74, 6) is 1.33. The van der Waals surface area contributed by atoms with Gasteiger partial charge in [0.25, 0.3) is 0 Å². The van der Waals surface area contributed by atoms with Crippen molar-refractivity contribution in [3.8, 4) is 6.07 Å². The second-order valence-corrected chi connectivity index (χ2v) is 6.71. The van der Waals surface area contributed by atoms with E-state index in [0.717, 1.165) is 30.7 Å². The van der Waals surface area contributed by atoms with Crippen LogP contribution in [0.25, 0.3) is 0 Å². The van der Waals surface area contributed by atoms with E-state index in [2.05, 4.69) is 6.07 Å². The van der Waals surface area contributed by atoms with Crippen LogP contribution in [0.2, 0.25) is 0 Å². The highest BCUT2D eigenvalue weighted by Crippen LogP contribution is 2.33. The van der Waals surface area contributed by atoms with Crippen molar-refractivity contribution in [3.63, 3.8) is 0 Å². The monoisotopic (exact) mass is 335 g/mol. The molecule has 0 unspecified atom stereocenters. The average Bonchev–Trinajstić information content (AvgIpc) is 2.57. The number of rotatable bonds is 6. The van der Waals surface area contributed by atoms with Crippen LogP contribution in [0.5, 0.6) is 0 Å². The molecule has 1 saturated carbocycles. The molecular weight excluding hydrogens is 311 g/mol. The fourth-order valence-corrected chi connectivity index (χ4v) is 3.47. The molecule has 0 amide bonds. The molecule has 0 atom stereocenters. The van der Waals surface area contributed by atoms with Crippen molar-refractivity contribution < 1.29 is 13.2 Å². The zero-order valence-corrected chi connectivity index (χ0v) is 13.9. The predicted octanol–water partition coefficient (Wildman–Crippen LogP) is 6.30. The molecule has 4 heteroatoms. The topological polar surface area (TPSA) is 23.8 Å². The van der Waals surface area contributed by atoms with E-state index < -0.39 is 11.7 Å². The van der Waals surface area contributed by atoms with Gasteiger partial charge in [-0.25, -0.2) is 0 Å². The molecule has 0 aromatic heterocycles. The molecule has 130 valence electrons. The number of alkyl halides is 3. The van der Waals surface area contributed by atoms with Gasteiger partial charge in [-0.15, -0.1) is 0 Å². The third-order valence-electron chi connectivity index (χ3n) is 4.94. The maximum absolute atomic E-state index is 12.5. The Morgan fingerprint density at radius 3 is 2.29 bits per heavy atom. The summed E-state index contributed by atoms with van der Waals surface area (Å²) in [6.45, 7) is 0. The van der Waals surface area contributed by atoms with E-state index in [9.17, 15) is 13.2 Å². The van der Waals surface area contributed by atoms with Crippen LogP contribution < -0.4 is 0 Å². The SMILES string of the molecule is N#C/C=C/C1CCC(CCCCc2ccc(C(F)(F)F)cc2)CC1. The van der Waals surface area contributed by atoms with Gasteiger partial charge in [0.2, 0.25) is 0 Å². The van der Waals surface area contributed by atoms with Gasteiger partial charge >= 0.3 is 6.18 Å². The van der Waals surface area contributed by atoms with Crippen LogP contribution in [0.15, 0.2) is 36.4 Å². The van der Waals surface area contributed by atoms with Crippen molar-refractivity contribution in [3.05, 3.63) is 47.5 Å². The lowest BCUT2D eigenvalue weighted by atomic mass is 9.79. The number of halogens is 3. The zero-order valence-electron chi connectivity index (χ0n) is 13.9. The third-order valence-corrected chi connectivity index (χ3v) is 4.94. The molecule has 24 heavy (non-hydrogen) atoms. The maximum atomic E-state index is 12.5. The molecule has 2 rings (SSSR count). The number of nitriles is 1. The first-order valence-electron chi connectivity index (χ1n) is 8.71. The Morgan fingerprint density at radius 2 is 1.71 bits per heavy atom. The molecule has 0 N–H and O–H groups in total. The first-order valence-corrected chi connectivity index (χ1v) is 8.71. The fourth-order valence-electron chi connectivity index (χ4n) is 3.47. The van der Waals surface area contributed by atoms with Crippen molar-refractivity contribution in [2.75, 3.05) is 0 Å². The molecule has 1 aromatic carbocycles. The number of aryl methyl sites for hydroxylation is 1. The summed E-state index contributed by atoms with van der Waals surface area (Å²) in [7, 11) is 0. The summed E-state index contributed by atoms with van der Waals surface area (Å²) < 4.78 is 37.5. The second kappa shape index (κ2) is 8.92. The largest absolute Gasteiger partial charge is 0.416 e. The van der Waals surface area contributed by atoms with Gasteiger partial charge in [0.15, 0.2) is 0 Å². The number of benzene rings is 1. The van der Waals surface area contributed by atoms with Gasteiger partial charge in [0.1, 0.15) is 0 Å². The van der Waals surface area contributed by atoms with Gasteiger partial charge < -0.3 is 0 Å². The van der Waals surface area contributed by atoms with E-state index in [1.54, 1.807) is 18.2 Å². The smallest absolute Gasteiger partial charge is 0.193 e. The molecular formula is C20H24F3N. The van der Waals surface area contributed by atoms with Crippen molar-refractivity contribution >= 4 is 0 Å². The van der Waals surface area contributed by atoms with Gasteiger partial charge in [-0.05, 0) is 68.1 Å². The van der Waals surface area contributed by atoms with Crippen LogP contribution >= 0.6 is 0 Å². The number of hydrogen-bond donors (Lipinski definition) is 0. The number of allylic oxidation sites excluding steroid dienone is 2. The Labute approximate surface area is 142 Å². The van der Waals surface area contributed by atoms with Crippen molar-refractivity contribution in [2.45, 2.75) is 57.5 Å². The summed E-state index contributed by atoms with van der Waals surface area (Å²) in [5.41, 5.74) is 0.404. The summed E-state index contributed by atoms with van der Waals surface area (Å²) in [6, 6.07) is 7.58. The summed E-state index contributed by atoms with van der Waals surface area (Å²) in [4.78, 5) is 0. The molecule has 0 saturated heterocycles. The maximum Gasteiger partial charge on any atom is 0.416 e. The van der Waals surface area contributed by atoms with Crippen LogP contribution in [0.4, 0.5) is 13.2 Å². The average molecular weight is 335 g/mol. The lowest BCUT2D eigenvalue weighted by molar-refractivity contribution is -0.137. The summed E-state index contributed by atoms with van der Waals surface area (Å²) in [6.07, 6.45) is 8.36. The normalized spacial score (nSPS) is 21.8. The minimum Gasteiger partial charge on any atom is -0.193 e. The Hall–Kier alpha value is -1.76. The Bertz CT molecular complexity index is 558. The number of hydrogen-bond acceptors (Lipinski definition) is 1. The van der Waals surface area contributed by atoms with Crippen LogP contribution in [0.1, 0.15) is 56.1 Å². The zero-order chi connectivity index (χ0) is 17.4. The van der Waals surface area contributed by atoms with E-state index in [0.29, 0.717) is 5.92 Å². The van der Waals surface area contributed by atoms with E-state index >= 15 is 0 Å². The first kappa shape index (κ1) is 18.6.